The van der Waals surface area contributed by atoms with Crippen molar-refractivity contribution in [3.05, 3.63) is 48.3 Å². The van der Waals surface area contributed by atoms with Crippen LogP contribution in [0.3, 0.4) is 0 Å². The highest BCUT2D eigenvalue weighted by Crippen LogP contribution is 2.27. The summed E-state index contributed by atoms with van der Waals surface area (Å²) in [5, 5.41) is 2.90. The molecule has 0 aliphatic carbocycles. The summed E-state index contributed by atoms with van der Waals surface area (Å²) >= 11 is 0. The molecule has 0 atom stereocenters. The molecule has 0 spiro atoms. The Morgan fingerprint density at radius 3 is 2.67 bits per heavy atom. The molecule has 21 heavy (non-hydrogen) atoms. The van der Waals surface area contributed by atoms with Gasteiger partial charge in [0.05, 0.1) is 11.4 Å². The van der Waals surface area contributed by atoms with E-state index in [1.165, 1.54) is 10.5 Å². The van der Waals surface area contributed by atoms with Gasteiger partial charge < -0.3 is 5.32 Å². The van der Waals surface area contributed by atoms with Crippen molar-refractivity contribution < 1.29 is 8.42 Å². The normalized spacial score (nSPS) is 11.2. The molecule has 0 aliphatic rings. The molecule has 112 valence electrons. The Balaban J connectivity index is 2.55. The number of anilines is 2. The van der Waals surface area contributed by atoms with Crippen LogP contribution in [0.15, 0.2) is 47.6 Å². The van der Waals surface area contributed by atoms with Gasteiger partial charge in [-0.2, -0.15) is 0 Å². The highest BCUT2D eigenvalue weighted by molar-refractivity contribution is 7.93. The lowest BCUT2D eigenvalue weighted by molar-refractivity contribution is 0.592. The summed E-state index contributed by atoms with van der Waals surface area (Å²) in [6.07, 6.45) is 2.94. The van der Waals surface area contributed by atoms with Crippen LogP contribution in [0.5, 0.6) is 0 Å². The topological polar surface area (TPSA) is 62.3 Å². The maximum atomic E-state index is 12.9. The molecule has 0 saturated carbocycles. The monoisotopic (exact) mass is 305 g/mol. The van der Waals surface area contributed by atoms with Crippen molar-refractivity contribution in [3.8, 4) is 0 Å². The van der Waals surface area contributed by atoms with Crippen molar-refractivity contribution in [1.29, 1.82) is 0 Å². The Morgan fingerprint density at radius 1 is 1.29 bits per heavy atom. The molecular weight excluding hydrogens is 286 g/mol. The van der Waals surface area contributed by atoms with Crippen molar-refractivity contribution in [2.45, 2.75) is 18.7 Å². The average molecular weight is 305 g/mol. The molecule has 0 saturated heterocycles. The van der Waals surface area contributed by atoms with Crippen LogP contribution in [0.1, 0.15) is 12.5 Å². The fraction of sp³-hybridized carbons (Fsp3) is 0.267. The highest BCUT2D eigenvalue weighted by Gasteiger charge is 2.26. The summed E-state index contributed by atoms with van der Waals surface area (Å²) in [4.78, 5) is 4.12. The smallest absolute Gasteiger partial charge is 0.267 e. The van der Waals surface area contributed by atoms with E-state index in [0.29, 0.717) is 17.9 Å². The van der Waals surface area contributed by atoms with E-state index in [2.05, 4.69) is 10.3 Å². The first-order valence-electron chi connectivity index (χ1n) is 6.72. The van der Waals surface area contributed by atoms with E-state index in [0.717, 1.165) is 5.56 Å². The van der Waals surface area contributed by atoms with Gasteiger partial charge in [-0.15, -0.1) is 0 Å². The molecule has 0 amide bonds. The van der Waals surface area contributed by atoms with Crippen LogP contribution in [0.4, 0.5) is 11.4 Å². The minimum atomic E-state index is -3.66. The van der Waals surface area contributed by atoms with Crippen LogP contribution in [-0.2, 0) is 10.0 Å². The number of aryl methyl sites for hydroxylation is 1. The number of pyridine rings is 1. The Labute approximate surface area is 125 Å². The molecule has 0 fully saturated rings. The number of sulfonamides is 1. The Bertz CT molecular complexity index is 729. The summed E-state index contributed by atoms with van der Waals surface area (Å²) in [5.41, 5.74) is 2.21. The van der Waals surface area contributed by atoms with Crippen molar-refractivity contribution in [2.75, 3.05) is 23.2 Å². The van der Waals surface area contributed by atoms with E-state index < -0.39 is 10.0 Å². The van der Waals surface area contributed by atoms with Gasteiger partial charge in [0, 0.05) is 26.0 Å². The van der Waals surface area contributed by atoms with Crippen molar-refractivity contribution >= 4 is 21.4 Å². The zero-order valence-electron chi connectivity index (χ0n) is 12.4. The number of hydrogen-bond donors (Lipinski definition) is 1. The van der Waals surface area contributed by atoms with E-state index >= 15 is 0 Å². The molecular formula is C15H19N3O2S. The van der Waals surface area contributed by atoms with E-state index in [-0.39, 0.29) is 4.90 Å². The third-order valence-corrected chi connectivity index (χ3v) is 5.13. The Hall–Kier alpha value is -2.08. The first-order chi connectivity index (χ1) is 10.0. The molecule has 2 aromatic rings. The molecule has 5 nitrogen and oxygen atoms in total. The third-order valence-electron chi connectivity index (χ3n) is 3.20. The summed E-state index contributed by atoms with van der Waals surface area (Å²) in [6, 6.07) is 9.09. The number of rotatable bonds is 5. The van der Waals surface area contributed by atoms with Crippen LogP contribution >= 0.6 is 0 Å². The van der Waals surface area contributed by atoms with Gasteiger partial charge in [-0.25, -0.2) is 8.42 Å². The Kier molecular flexibility index (Phi) is 4.47. The largest absolute Gasteiger partial charge is 0.387 e. The summed E-state index contributed by atoms with van der Waals surface area (Å²) < 4.78 is 27.2. The van der Waals surface area contributed by atoms with Gasteiger partial charge in [0.1, 0.15) is 4.90 Å². The second kappa shape index (κ2) is 6.13. The summed E-state index contributed by atoms with van der Waals surface area (Å²) in [6.45, 7) is 4.10. The van der Waals surface area contributed by atoms with Crippen LogP contribution in [0, 0.1) is 6.92 Å². The van der Waals surface area contributed by atoms with Gasteiger partial charge in [-0.3, -0.25) is 9.29 Å². The fourth-order valence-electron chi connectivity index (χ4n) is 2.19. The lowest BCUT2D eigenvalue weighted by Gasteiger charge is -2.24. The molecule has 0 unspecified atom stereocenters. The predicted octanol–water partition coefficient (Wildman–Crippen LogP) is 2.65. The van der Waals surface area contributed by atoms with E-state index in [9.17, 15) is 8.42 Å². The van der Waals surface area contributed by atoms with Crippen molar-refractivity contribution in [3.63, 3.8) is 0 Å². The summed E-state index contributed by atoms with van der Waals surface area (Å²) in [5.74, 6) is 0. The first-order valence-corrected chi connectivity index (χ1v) is 8.16. The van der Waals surface area contributed by atoms with Gasteiger partial charge in [0.2, 0.25) is 0 Å². The molecule has 1 aromatic carbocycles. The quantitative estimate of drug-likeness (QED) is 0.922. The van der Waals surface area contributed by atoms with Crippen molar-refractivity contribution in [2.24, 2.45) is 0 Å². The van der Waals surface area contributed by atoms with Gasteiger partial charge in [0.15, 0.2) is 0 Å². The minimum absolute atomic E-state index is 0.177. The second-order valence-electron chi connectivity index (χ2n) is 4.63. The number of benzene rings is 1. The fourth-order valence-corrected chi connectivity index (χ4v) is 3.80. The summed E-state index contributed by atoms with van der Waals surface area (Å²) in [7, 11) is -1.96. The van der Waals surface area contributed by atoms with Gasteiger partial charge in [-0.1, -0.05) is 12.1 Å². The number of aromatic nitrogens is 1. The second-order valence-corrected chi connectivity index (χ2v) is 6.46. The molecule has 1 heterocycles. The lowest BCUT2D eigenvalue weighted by Crippen LogP contribution is -2.31. The lowest BCUT2D eigenvalue weighted by atomic mass is 10.2. The third kappa shape index (κ3) is 3.00. The van der Waals surface area contributed by atoms with Gasteiger partial charge in [-0.05, 0) is 37.6 Å². The maximum absolute atomic E-state index is 12.9. The number of hydrogen-bond acceptors (Lipinski definition) is 4. The number of nitrogens with zero attached hydrogens (tertiary/aromatic N) is 2. The van der Waals surface area contributed by atoms with Crippen molar-refractivity contribution in [1.82, 2.24) is 4.98 Å². The standard InChI is InChI=1S/C15H19N3O2S/c1-4-18(13-7-5-6-12(2)10-13)21(19,20)15-11-17-9-8-14(15)16-3/h5-11H,4H2,1-3H3,(H,16,17). The zero-order valence-corrected chi connectivity index (χ0v) is 13.2. The molecule has 0 aliphatic heterocycles. The average Bonchev–Trinajstić information content (AvgIpc) is 2.47. The molecule has 0 radical (unpaired) electrons. The van der Waals surface area contributed by atoms with E-state index in [1.54, 1.807) is 25.4 Å². The highest BCUT2D eigenvalue weighted by atomic mass is 32.2. The first kappa shape index (κ1) is 15.3. The van der Waals surface area contributed by atoms with Crippen LogP contribution in [0.2, 0.25) is 0 Å². The van der Waals surface area contributed by atoms with Gasteiger partial charge >= 0.3 is 0 Å². The van der Waals surface area contributed by atoms with E-state index in [1.807, 2.05) is 32.0 Å². The van der Waals surface area contributed by atoms with Crippen LogP contribution in [-0.4, -0.2) is 27.0 Å². The molecule has 1 N–H and O–H groups in total. The Morgan fingerprint density at radius 2 is 2.05 bits per heavy atom. The zero-order chi connectivity index (χ0) is 15.5. The van der Waals surface area contributed by atoms with Crippen LogP contribution < -0.4 is 9.62 Å². The number of nitrogens with one attached hydrogen (secondary N) is 1. The van der Waals surface area contributed by atoms with Gasteiger partial charge in [0.25, 0.3) is 10.0 Å². The predicted molar refractivity (Wildman–Crippen MR) is 85.2 cm³/mol. The molecule has 0 bridgehead atoms. The molecule has 1 aromatic heterocycles. The van der Waals surface area contributed by atoms with E-state index in [4.69, 9.17) is 0 Å². The SMILES string of the molecule is CCN(c1cccc(C)c1)S(=O)(=O)c1cnccc1NC. The molecule has 2 rings (SSSR count). The minimum Gasteiger partial charge on any atom is -0.387 e. The molecule has 6 heteroatoms. The van der Waals surface area contributed by atoms with Crippen LogP contribution in [0.25, 0.3) is 0 Å². The maximum Gasteiger partial charge on any atom is 0.267 e.